The molecular formula is C27H28N4O2. The number of urea groups is 1. The molecular weight excluding hydrogens is 412 g/mol. The maximum Gasteiger partial charge on any atom is 0.319 e. The molecule has 4 aromatic rings. The molecule has 0 atom stereocenters. The van der Waals surface area contributed by atoms with Crippen molar-refractivity contribution in [3.05, 3.63) is 118 Å². The number of rotatable bonds is 7. The predicted molar refractivity (Wildman–Crippen MR) is 132 cm³/mol. The summed E-state index contributed by atoms with van der Waals surface area (Å²) in [5.74, 6) is 0.168. The summed E-state index contributed by atoms with van der Waals surface area (Å²) in [7, 11) is 1.80. The van der Waals surface area contributed by atoms with Gasteiger partial charge in [0.2, 0.25) is 0 Å². The van der Waals surface area contributed by atoms with Gasteiger partial charge in [-0.05, 0) is 36.6 Å². The molecule has 0 saturated carbocycles. The molecule has 2 amide bonds. The average Bonchev–Trinajstić information content (AvgIpc) is 3.06. The fourth-order valence-corrected chi connectivity index (χ4v) is 4.10. The Morgan fingerprint density at radius 3 is 1.91 bits per heavy atom. The third-order valence-electron chi connectivity index (χ3n) is 5.92. The third kappa shape index (κ3) is 4.90. The van der Waals surface area contributed by atoms with Crippen LogP contribution in [0.3, 0.4) is 0 Å². The van der Waals surface area contributed by atoms with E-state index >= 15 is 0 Å². The fraction of sp³-hybridized carbons (Fsp3) is 0.185. The van der Waals surface area contributed by atoms with Gasteiger partial charge in [0, 0.05) is 19.5 Å². The van der Waals surface area contributed by atoms with Gasteiger partial charge >= 0.3 is 6.03 Å². The van der Waals surface area contributed by atoms with Gasteiger partial charge in [-0.2, -0.15) is 0 Å². The number of aromatic nitrogens is 2. The molecule has 6 heteroatoms. The maximum absolute atomic E-state index is 13.0. The van der Waals surface area contributed by atoms with Crippen molar-refractivity contribution in [3.63, 3.8) is 0 Å². The van der Waals surface area contributed by atoms with Crippen LogP contribution in [-0.2, 0) is 7.05 Å². The summed E-state index contributed by atoms with van der Waals surface area (Å²) in [5, 5.41) is 5.68. The van der Waals surface area contributed by atoms with Crippen LogP contribution in [0.1, 0.15) is 29.2 Å². The summed E-state index contributed by atoms with van der Waals surface area (Å²) in [4.78, 5) is 25.6. The monoisotopic (exact) mass is 440 g/mol. The minimum absolute atomic E-state index is 0.168. The highest BCUT2D eigenvalue weighted by Crippen LogP contribution is 2.27. The second-order valence-corrected chi connectivity index (χ2v) is 7.98. The first kappa shape index (κ1) is 22.1. The molecule has 0 fully saturated rings. The lowest BCUT2D eigenvalue weighted by Crippen LogP contribution is -2.32. The van der Waals surface area contributed by atoms with Crippen molar-refractivity contribution in [2.24, 2.45) is 7.05 Å². The Morgan fingerprint density at radius 1 is 0.848 bits per heavy atom. The van der Waals surface area contributed by atoms with E-state index in [1.54, 1.807) is 16.4 Å². The van der Waals surface area contributed by atoms with Gasteiger partial charge in [0.1, 0.15) is 5.69 Å². The molecule has 0 unspecified atom stereocenters. The van der Waals surface area contributed by atoms with E-state index in [1.807, 2.05) is 73.7 Å². The Morgan fingerprint density at radius 2 is 1.36 bits per heavy atom. The van der Waals surface area contributed by atoms with E-state index in [-0.39, 0.29) is 23.2 Å². The number of hydrogen-bond donors (Lipinski definition) is 2. The molecule has 1 heterocycles. The molecule has 0 bridgehead atoms. The van der Waals surface area contributed by atoms with Crippen molar-refractivity contribution in [2.75, 3.05) is 11.9 Å². The van der Waals surface area contributed by atoms with E-state index < -0.39 is 0 Å². The number of carbonyl (C=O) groups excluding carboxylic acids is 1. The Kier molecular flexibility index (Phi) is 6.74. The molecule has 3 aromatic carbocycles. The number of amides is 2. The number of para-hydroxylation sites is 1. The molecule has 0 aliphatic heterocycles. The van der Waals surface area contributed by atoms with Crippen molar-refractivity contribution in [3.8, 4) is 5.69 Å². The second kappa shape index (κ2) is 10.0. The van der Waals surface area contributed by atoms with Crippen LogP contribution < -0.4 is 16.2 Å². The minimum Gasteiger partial charge on any atom is -0.338 e. The van der Waals surface area contributed by atoms with Crippen LogP contribution in [0.4, 0.5) is 10.5 Å². The highest BCUT2D eigenvalue weighted by molar-refractivity contribution is 5.89. The van der Waals surface area contributed by atoms with Gasteiger partial charge in [-0.25, -0.2) is 9.48 Å². The van der Waals surface area contributed by atoms with Crippen molar-refractivity contribution < 1.29 is 4.79 Å². The molecule has 1 aromatic heterocycles. The number of benzene rings is 3. The number of nitrogens with zero attached hydrogens (tertiary/aromatic N) is 2. The van der Waals surface area contributed by atoms with Gasteiger partial charge in [0.25, 0.3) is 5.56 Å². The molecule has 6 nitrogen and oxygen atoms in total. The lowest BCUT2D eigenvalue weighted by atomic mass is 9.88. The largest absolute Gasteiger partial charge is 0.338 e. The highest BCUT2D eigenvalue weighted by Gasteiger charge is 2.19. The summed E-state index contributed by atoms with van der Waals surface area (Å²) >= 11 is 0. The summed E-state index contributed by atoms with van der Waals surface area (Å²) in [6.45, 7) is 2.29. The first-order chi connectivity index (χ1) is 16.1. The number of anilines is 1. The molecule has 0 saturated heterocycles. The number of nitrogens with one attached hydrogen (secondary N) is 2. The van der Waals surface area contributed by atoms with Crippen molar-refractivity contribution >= 4 is 11.7 Å². The summed E-state index contributed by atoms with van der Waals surface area (Å²) in [5.41, 5.74) is 3.86. The van der Waals surface area contributed by atoms with Gasteiger partial charge in [0.05, 0.1) is 11.4 Å². The second-order valence-electron chi connectivity index (χ2n) is 7.98. The molecule has 0 radical (unpaired) electrons. The van der Waals surface area contributed by atoms with Crippen molar-refractivity contribution in [2.45, 2.75) is 19.3 Å². The SMILES string of the molecule is Cc1c(NC(=O)NCCC(c2ccccc2)c2ccccc2)c(=O)n(-c2ccccc2)n1C. The van der Waals surface area contributed by atoms with Crippen LogP contribution in [-0.4, -0.2) is 21.9 Å². The molecule has 33 heavy (non-hydrogen) atoms. The minimum atomic E-state index is -0.388. The average molecular weight is 441 g/mol. The molecule has 0 aliphatic rings. The summed E-state index contributed by atoms with van der Waals surface area (Å²) in [6, 6.07) is 29.5. The zero-order chi connectivity index (χ0) is 23.2. The first-order valence-corrected chi connectivity index (χ1v) is 11.0. The zero-order valence-electron chi connectivity index (χ0n) is 18.9. The quantitative estimate of drug-likeness (QED) is 0.432. The Bertz CT molecular complexity index is 1220. The predicted octanol–water partition coefficient (Wildman–Crippen LogP) is 4.83. The molecule has 0 spiro atoms. The topological polar surface area (TPSA) is 68.1 Å². The summed E-state index contributed by atoms with van der Waals surface area (Å²) in [6.07, 6.45) is 0.740. The molecule has 4 rings (SSSR count). The molecule has 2 N–H and O–H groups in total. The van der Waals surface area contributed by atoms with E-state index in [0.29, 0.717) is 12.2 Å². The molecule has 168 valence electrons. The zero-order valence-corrected chi connectivity index (χ0v) is 18.9. The van der Waals surface area contributed by atoms with Gasteiger partial charge in [-0.3, -0.25) is 9.48 Å². The maximum atomic E-state index is 13.0. The van der Waals surface area contributed by atoms with E-state index in [9.17, 15) is 9.59 Å². The molecule has 0 aliphatic carbocycles. The normalized spacial score (nSPS) is 10.9. The van der Waals surface area contributed by atoms with Crippen LogP contribution in [0.25, 0.3) is 5.69 Å². The Labute approximate surface area is 193 Å². The van der Waals surface area contributed by atoms with Gasteiger partial charge < -0.3 is 10.6 Å². The standard InChI is InChI=1S/C27H28N4O2/c1-20-25(26(32)31(30(20)2)23-16-10-5-11-17-23)29-27(33)28-19-18-24(21-12-6-3-7-13-21)22-14-8-4-9-15-22/h3-17,24H,18-19H2,1-2H3,(H2,28,29,33). The lowest BCUT2D eigenvalue weighted by molar-refractivity contribution is 0.252. The smallest absolute Gasteiger partial charge is 0.319 e. The van der Waals surface area contributed by atoms with E-state index in [0.717, 1.165) is 12.1 Å². The van der Waals surface area contributed by atoms with Gasteiger partial charge in [-0.1, -0.05) is 78.9 Å². The lowest BCUT2D eigenvalue weighted by Gasteiger charge is -2.18. The van der Waals surface area contributed by atoms with Crippen LogP contribution >= 0.6 is 0 Å². The fourth-order valence-electron chi connectivity index (χ4n) is 4.10. The van der Waals surface area contributed by atoms with Gasteiger partial charge in [0.15, 0.2) is 0 Å². The Hall–Kier alpha value is -4.06. The first-order valence-electron chi connectivity index (χ1n) is 11.0. The number of hydrogen-bond acceptors (Lipinski definition) is 2. The van der Waals surface area contributed by atoms with Crippen LogP contribution in [0.2, 0.25) is 0 Å². The van der Waals surface area contributed by atoms with Gasteiger partial charge in [-0.15, -0.1) is 0 Å². The number of carbonyl (C=O) groups is 1. The van der Waals surface area contributed by atoms with E-state index in [1.165, 1.54) is 11.1 Å². The summed E-state index contributed by atoms with van der Waals surface area (Å²) < 4.78 is 3.29. The van der Waals surface area contributed by atoms with Crippen LogP contribution in [0, 0.1) is 6.92 Å². The Balaban J connectivity index is 1.45. The van der Waals surface area contributed by atoms with E-state index in [2.05, 4.69) is 34.9 Å². The highest BCUT2D eigenvalue weighted by atomic mass is 16.2. The third-order valence-corrected chi connectivity index (χ3v) is 5.92. The van der Waals surface area contributed by atoms with Crippen LogP contribution in [0.5, 0.6) is 0 Å². The van der Waals surface area contributed by atoms with Crippen molar-refractivity contribution in [1.29, 1.82) is 0 Å². The van der Waals surface area contributed by atoms with Crippen molar-refractivity contribution in [1.82, 2.24) is 14.7 Å². The van der Waals surface area contributed by atoms with E-state index in [4.69, 9.17) is 0 Å². The van der Waals surface area contributed by atoms with Crippen LogP contribution in [0.15, 0.2) is 95.8 Å².